The number of benzene rings is 2. The van der Waals surface area contributed by atoms with E-state index in [4.69, 9.17) is 0 Å². The average molecular weight is 375 g/mol. The molecule has 0 saturated carbocycles. The molecule has 1 heterocycles. The Bertz CT molecular complexity index is 998. The number of fused-ring (bicyclic) bond motifs is 1. The molecule has 3 aromatic rings. The number of sulfonamides is 1. The van der Waals surface area contributed by atoms with Crippen molar-refractivity contribution in [3.05, 3.63) is 48.5 Å². The van der Waals surface area contributed by atoms with Gasteiger partial charge >= 0.3 is 0 Å². The lowest BCUT2D eigenvalue weighted by Crippen LogP contribution is -2.12. The molecule has 0 saturated heterocycles. The van der Waals surface area contributed by atoms with Gasteiger partial charge < -0.3 is 5.32 Å². The van der Waals surface area contributed by atoms with Gasteiger partial charge in [0.1, 0.15) is 0 Å². The summed E-state index contributed by atoms with van der Waals surface area (Å²) in [5, 5.41) is 3.11. The predicted molar refractivity (Wildman–Crippen MR) is 100 cm³/mol. The van der Waals surface area contributed by atoms with Gasteiger partial charge in [-0.3, -0.25) is 9.52 Å². The highest BCUT2D eigenvalue weighted by Crippen LogP contribution is 2.29. The summed E-state index contributed by atoms with van der Waals surface area (Å²) in [5.74, 6) is -0.0450. The Morgan fingerprint density at radius 3 is 2.64 bits per heavy atom. The molecule has 3 rings (SSSR count). The lowest BCUT2D eigenvalue weighted by atomic mass is 10.2. The summed E-state index contributed by atoms with van der Waals surface area (Å²) >= 11 is 1.22. The van der Waals surface area contributed by atoms with Crippen LogP contribution in [0.3, 0.4) is 0 Å². The number of thiazole rings is 1. The van der Waals surface area contributed by atoms with E-state index in [0.29, 0.717) is 17.6 Å². The van der Waals surface area contributed by atoms with Crippen LogP contribution >= 0.6 is 11.3 Å². The molecule has 0 bridgehead atoms. The monoisotopic (exact) mass is 375 g/mol. The summed E-state index contributed by atoms with van der Waals surface area (Å²) in [6.45, 7) is 1.94. The Morgan fingerprint density at radius 1 is 1.16 bits per heavy atom. The lowest BCUT2D eigenvalue weighted by molar-refractivity contribution is -0.116. The van der Waals surface area contributed by atoms with E-state index in [1.807, 2.05) is 6.92 Å². The van der Waals surface area contributed by atoms with Crippen LogP contribution in [0.2, 0.25) is 0 Å². The van der Waals surface area contributed by atoms with E-state index in [-0.39, 0.29) is 15.9 Å². The number of anilines is 2. The number of hydrogen-bond donors (Lipinski definition) is 2. The Morgan fingerprint density at radius 2 is 1.92 bits per heavy atom. The SMILES string of the molecule is CCCC(=O)Nc1ccc2nc(NS(=O)(=O)c3ccccc3)sc2c1. The van der Waals surface area contributed by atoms with Crippen LogP contribution in [-0.2, 0) is 14.8 Å². The van der Waals surface area contributed by atoms with E-state index >= 15 is 0 Å². The number of amides is 1. The standard InChI is InChI=1S/C17H17N3O3S2/c1-2-6-16(21)18-12-9-10-14-15(11-12)24-17(19-14)20-25(22,23)13-7-4-3-5-8-13/h3-5,7-11H,2,6H2,1H3,(H,18,21)(H,19,20). The van der Waals surface area contributed by atoms with Crippen LogP contribution in [0.1, 0.15) is 19.8 Å². The van der Waals surface area contributed by atoms with Gasteiger partial charge in [-0.1, -0.05) is 36.5 Å². The zero-order valence-corrected chi connectivity index (χ0v) is 15.2. The van der Waals surface area contributed by atoms with Crippen molar-refractivity contribution < 1.29 is 13.2 Å². The van der Waals surface area contributed by atoms with E-state index < -0.39 is 10.0 Å². The van der Waals surface area contributed by atoms with Gasteiger partial charge in [0.15, 0.2) is 5.13 Å². The molecular weight excluding hydrogens is 358 g/mol. The number of carbonyl (C=O) groups excluding carboxylic acids is 1. The van der Waals surface area contributed by atoms with E-state index in [1.165, 1.54) is 23.5 Å². The van der Waals surface area contributed by atoms with E-state index in [9.17, 15) is 13.2 Å². The molecule has 1 amide bonds. The Kier molecular flexibility index (Phi) is 5.00. The zero-order chi connectivity index (χ0) is 17.9. The molecule has 0 radical (unpaired) electrons. The molecule has 1 aromatic heterocycles. The fourth-order valence-electron chi connectivity index (χ4n) is 2.27. The molecule has 0 spiro atoms. The first-order chi connectivity index (χ1) is 12.0. The summed E-state index contributed by atoms with van der Waals surface area (Å²) in [4.78, 5) is 16.2. The lowest BCUT2D eigenvalue weighted by Gasteiger charge is -2.03. The number of hydrogen-bond acceptors (Lipinski definition) is 5. The van der Waals surface area contributed by atoms with Crippen molar-refractivity contribution in [3.63, 3.8) is 0 Å². The smallest absolute Gasteiger partial charge is 0.263 e. The van der Waals surface area contributed by atoms with Crippen LogP contribution in [0.5, 0.6) is 0 Å². The third kappa shape index (κ3) is 4.15. The molecule has 2 aromatic carbocycles. The van der Waals surface area contributed by atoms with Crippen molar-refractivity contribution in [2.75, 3.05) is 10.0 Å². The van der Waals surface area contributed by atoms with E-state index in [2.05, 4.69) is 15.0 Å². The molecule has 130 valence electrons. The molecule has 0 aliphatic rings. The van der Waals surface area contributed by atoms with Gasteiger partial charge in [0, 0.05) is 12.1 Å². The third-order valence-corrected chi connectivity index (χ3v) is 5.84. The molecule has 2 N–H and O–H groups in total. The van der Waals surface area contributed by atoms with Crippen molar-refractivity contribution in [2.24, 2.45) is 0 Å². The number of rotatable bonds is 6. The molecular formula is C17H17N3O3S2. The van der Waals surface area contributed by atoms with Crippen LogP contribution in [0.4, 0.5) is 10.8 Å². The highest BCUT2D eigenvalue weighted by Gasteiger charge is 2.16. The van der Waals surface area contributed by atoms with E-state index in [0.717, 1.165) is 11.1 Å². The Labute approximate surface area is 150 Å². The molecule has 6 nitrogen and oxygen atoms in total. The van der Waals surface area contributed by atoms with Gasteiger partial charge in [-0.2, -0.15) is 0 Å². The highest BCUT2D eigenvalue weighted by molar-refractivity contribution is 7.93. The van der Waals surface area contributed by atoms with Gasteiger partial charge in [0.05, 0.1) is 15.1 Å². The normalized spacial score (nSPS) is 11.4. The maximum atomic E-state index is 12.4. The maximum absolute atomic E-state index is 12.4. The van der Waals surface area contributed by atoms with Gasteiger partial charge in [-0.15, -0.1) is 0 Å². The first-order valence-corrected chi connectivity index (χ1v) is 10.1. The van der Waals surface area contributed by atoms with Crippen molar-refractivity contribution in [3.8, 4) is 0 Å². The second-order valence-electron chi connectivity index (χ2n) is 5.42. The molecule has 0 aliphatic heterocycles. The van der Waals surface area contributed by atoms with Crippen molar-refractivity contribution in [1.29, 1.82) is 0 Å². The van der Waals surface area contributed by atoms with Crippen molar-refractivity contribution >= 4 is 48.3 Å². The predicted octanol–water partition coefficient (Wildman–Crippen LogP) is 3.84. The summed E-state index contributed by atoms with van der Waals surface area (Å²) in [7, 11) is -3.67. The zero-order valence-electron chi connectivity index (χ0n) is 13.5. The van der Waals surface area contributed by atoms with Gasteiger partial charge in [0.25, 0.3) is 10.0 Å². The minimum Gasteiger partial charge on any atom is -0.326 e. The summed E-state index contributed by atoms with van der Waals surface area (Å²) in [6.07, 6.45) is 1.24. The summed E-state index contributed by atoms with van der Waals surface area (Å²) in [6, 6.07) is 13.4. The minimum absolute atomic E-state index is 0.0450. The number of nitrogens with one attached hydrogen (secondary N) is 2. The summed E-state index contributed by atoms with van der Waals surface area (Å²) < 4.78 is 28.0. The molecule has 8 heteroatoms. The topological polar surface area (TPSA) is 88.2 Å². The molecule has 0 unspecified atom stereocenters. The number of aromatic nitrogens is 1. The minimum atomic E-state index is -3.67. The van der Waals surface area contributed by atoms with Crippen LogP contribution in [0.15, 0.2) is 53.4 Å². The fraction of sp³-hybridized carbons (Fsp3) is 0.176. The van der Waals surface area contributed by atoms with Crippen molar-refractivity contribution in [1.82, 2.24) is 4.98 Å². The van der Waals surface area contributed by atoms with Crippen molar-refractivity contribution in [2.45, 2.75) is 24.7 Å². The van der Waals surface area contributed by atoms with Crippen LogP contribution < -0.4 is 10.0 Å². The number of carbonyl (C=O) groups is 1. The van der Waals surface area contributed by atoms with Crippen LogP contribution in [0.25, 0.3) is 10.2 Å². The average Bonchev–Trinajstić information content (AvgIpc) is 2.96. The maximum Gasteiger partial charge on any atom is 0.263 e. The van der Waals surface area contributed by atoms with E-state index in [1.54, 1.807) is 36.4 Å². The molecule has 0 fully saturated rings. The fourth-order valence-corrected chi connectivity index (χ4v) is 4.43. The first-order valence-electron chi connectivity index (χ1n) is 7.76. The Hall–Kier alpha value is -2.45. The van der Waals surface area contributed by atoms with Gasteiger partial charge in [-0.05, 0) is 36.8 Å². The third-order valence-electron chi connectivity index (χ3n) is 3.42. The van der Waals surface area contributed by atoms with Crippen LogP contribution in [0, 0.1) is 0 Å². The van der Waals surface area contributed by atoms with Crippen LogP contribution in [-0.4, -0.2) is 19.3 Å². The first kappa shape index (κ1) is 17.4. The largest absolute Gasteiger partial charge is 0.326 e. The molecule has 0 atom stereocenters. The molecule has 0 aliphatic carbocycles. The second-order valence-corrected chi connectivity index (χ2v) is 8.13. The number of nitrogens with zero attached hydrogens (tertiary/aromatic N) is 1. The van der Waals surface area contributed by atoms with Gasteiger partial charge in [0.2, 0.25) is 5.91 Å². The second kappa shape index (κ2) is 7.20. The Balaban J connectivity index is 1.83. The quantitative estimate of drug-likeness (QED) is 0.685. The molecule has 25 heavy (non-hydrogen) atoms. The highest BCUT2D eigenvalue weighted by atomic mass is 32.2. The van der Waals surface area contributed by atoms with Gasteiger partial charge in [-0.25, -0.2) is 13.4 Å². The summed E-state index contributed by atoms with van der Waals surface area (Å²) in [5.41, 5.74) is 1.34.